The number of benzene rings is 3. The maximum atomic E-state index is 11.4. The van der Waals surface area contributed by atoms with Gasteiger partial charge < -0.3 is 4.74 Å². The summed E-state index contributed by atoms with van der Waals surface area (Å²) in [5.74, 6) is 0.157. The first-order valence-corrected chi connectivity index (χ1v) is 8.98. The van der Waals surface area contributed by atoms with Crippen molar-refractivity contribution >= 4 is 40.8 Å². The largest absolute Gasteiger partial charge is 0.482 e. The fourth-order valence-electron chi connectivity index (χ4n) is 2.36. The number of hydrazone groups is 1. The molecule has 0 radical (unpaired) electrons. The molecule has 0 aromatic heterocycles. The van der Waals surface area contributed by atoms with E-state index in [1.165, 1.54) is 12.3 Å². The molecule has 3 aromatic rings. The van der Waals surface area contributed by atoms with Gasteiger partial charge in [-0.1, -0.05) is 47.5 Å². The SMILES string of the molecule is O=[N+]([O-])c1cc(C=NNc2ccccc2)ccc1OCc1ccc(Cl)c(Cl)c1. The molecule has 1 N–H and O–H groups in total. The molecule has 0 unspecified atom stereocenters. The van der Waals surface area contributed by atoms with Crippen LogP contribution in [0.1, 0.15) is 11.1 Å². The van der Waals surface area contributed by atoms with E-state index >= 15 is 0 Å². The zero-order valence-corrected chi connectivity index (χ0v) is 16.0. The Bertz CT molecular complexity index is 1010. The van der Waals surface area contributed by atoms with Crippen molar-refractivity contribution in [2.75, 3.05) is 5.43 Å². The van der Waals surface area contributed by atoms with E-state index in [1.54, 1.807) is 30.3 Å². The number of nitro groups is 1. The predicted molar refractivity (Wildman–Crippen MR) is 112 cm³/mol. The van der Waals surface area contributed by atoms with Crippen molar-refractivity contribution in [3.63, 3.8) is 0 Å². The van der Waals surface area contributed by atoms with Crippen LogP contribution in [-0.2, 0) is 6.61 Å². The van der Waals surface area contributed by atoms with E-state index in [0.717, 1.165) is 11.3 Å². The Labute approximate surface area is 171 Å². The summed E-state index contributed by atoms with van der Waals surface area (Å²) in [7, 11) is 0. The molecule has 3 aromatic carbocycles. The molecule has 142 valence electrons. The second kappa shape index (κ2) is 9.21. The van der Waals surface area contributed by atoms with E-state index in [2.05, 4.69) is 10.5 Å². The number of nitro benzene ring substituents is 1. The molecule has 0 aliphatic carbocycles. The van der Waals surface area contributed by atoms with E-state index in [9.17, 15) is 10.1 Å². The number of hydrogen-bond donors (Lipinski definition) is 1. The van der Waals surface area contributed by atoms with Gasteiger partial charge in [-0.3, -0.25) is 15.5 Å². The van der Waals surface area contributed by atoms with Crippen LogP contribution in [0.25, 0.3) is 0 Å². The van der Waals surface area contributed by atoms with Gasteiger partial charge in [-0.2, -0.15) is 5.10 Å². The molecule has 0 saturated heterocycles. The summed E-state index contributed by atoms with van der Waals surface area (Å²) in [6.45, 7) is 0.126. The lowest BCUT2D eigenvalue weighted by Gasteiger charge is -2.08. The summed E-state index contributed by atoms with van der Waals surface area (Å²) in [6.07, 6.45) is 1.50. The van der Waals surface area contributed by atoms with Crippen LogP contribution >= 0.6 is 23.2 Å². The molecule has 0 aliphatic rings. The highest BCUT2D eigenvalue weighted by Crippen LogP contribution is 2.29. The number of nitrogens with zero attached hydrogens (tertiary/aromatic N) is 2. The van der Waals surface area contributed by atoms with Gasteiger partial charge in [0.15, 0.2) is 5.75 Å². The summed E-state index contributed by atoms with van der Waals surface area (Å²) in [6, 6.07) is 19.1. The summed E-state index contributed by atoms with van der Waals surface area (Å²) in [5.41, 5.74) is 4.84. The number of hydrogen-bond acceptors (Lipinski definition) is 5. The van der Waals surface area contributed by atoms with E-state index in [0.29, 0.717) is 15.6 Å². The minimum Gasteiger partial charge on any atom is -0.482 e. The zero-order chi connectivity index (χ0) is 19.9. The molecule has 28 heavy (non-hydrogen) atoms. The van der Waals surface area contributed by atoms with E-state index in [-0.39, 0.29) is 18.0 Å². The van der Waals surface area contributed by atoms with Gasteiger partial charge in [-0.05, 0) is 42.0 Å². The van der Waals surface area contributed by atoms with Gasteiger partial charge >= 0.3 is 5.69 Å². The normalized spacial score (nSPS) is 10.8. The fraction of sp³-hybridized carbons (Fsp3) is 0.0500. The van der Waals surface area contributed by atoms with Crippen LogP contribution in [-0.4, -0.2) is 11.1 Å². The van der Waals surface area contributed by atoms with Gasteiger partial charge in [-0.15, -0.1) is 0 Å². The Balaban J connectivity index is 1.71. The fourth-order valence-corrected chi connectivity index (χ4v) is 2.68. The number of rotatable bonds is 7. The van der Waals surface area contributed by atoms with Gasteiger partial charge in [0.25, 0.3) is 0 Å². The summed E-state index contributed by atoms with van der Waals surface area (Å²) < 4.78 is 5.60. The average molecular weight is 416 g/mol. The van der Waals surface area contributed by atoms with Crippen LogP contribution in [0.2, 0.25) is 10.0 Å². The third-order valence-corrected chi connectivity index (χ3v) is 4.48. The average Bonchev–Trinajstić information content (AvgIpc) is 2.70. The molecule has 0 fully saturated rings. The van der Waals surface area contributed by atoms with Crippen molar-refractivity contribution < 1.29 is 9.66 Å². The summed E-state index contributed by atoms with van der Waals surface area (Å²) in [5, 5.41) is 16.3. The Morgan fingerprint density at radius 1 is 1.04 bits per heavy atom. The third-order valence-electron chi connectivity index (χ3n) is 3.74. The molecule has 0 amide bonds. The summed E-state index contributed by atoms with van der Waals surface area (Å²) in [4.78, 5) is 10.9. The Morgan fingerprint density at radius 2 is 1.82 bits per heavy atom. The Morgan fingerprint density at radius 3 is 2.54 bits per heavy atom. The monoisotopic (exact) mass is 415 g/mol. The van der Waals surface area contributed by atoms with Gasteiger partial charge in [0, 0.05) is 11.6 Å². The minimum absolute atomic E-state index is 0.126. The van der Waals surface area contributed by atoms with Crippen LogP contribution in [0.3, 0.4) is 0 Å². The van der Waals surface area contributed by atoms with Crippen LogP contribution in [0.15, 0.2) is 71.8 Å². The number of ether oxygens (including phenoxy) is 1. The van der Waals surface area contributed by atoms with Crippen LogP contribution < -0.4 is 10.2 Å². The summed E-state index contributed by atoms with van der Waals surface area (Å²) >= 11 is 11.9. The van der Waals surface area contributed by atoms with Crippen molar-refractivity contribution in [2.24, 2.45) is 5.10 Å². The number of anilines is 1. The number of para-hydroxylation sites is 1. The van der Waals surface area contributed by atoms with Crippen LogP contribution in [0, 0.1) is 10.1 Å². The molecule has 6 nitrogen and oxygen atoms in total. The van der Waals surface area contributed by atoms with Crippen LogP contribution in [0.5, 0.6) is 5.75 Å². The van der Waals surface area contributed by atoms with Crippen molar-refractivity contribution in [3.8, 4) is 5.75 Å². The lowest BCUT2D eigenvalue weighted by Crippen LogP contribution is -2.00. The van der Waals surface area contributed by atoms with Gasteiger partial charge in [0.2, 0.25) is 0 Å². The molecule has 0 heterocycles. The maximum Gasteiger partial charge on any atom is 0.311 e. The van der Waals surface area contributed by atoms with Crippen molar-refractivity contribution in [1.29, 1.82) is 0 Å². The van der Waals surface area contributed by atoms with E-state index in [1.807, 2.05) is 30.3 Å². The molecule has 3 rings (SSSR count). The minimum atomic E-state index is -0.494. The maximum absolute atomic E-state index is 11.4. The number of halogens is 2. The van der Waals surface area contributed by atoms with Gasteiger partial charge in [0.1, 0.15) is 6.61 Å². The van der Waals surface area contributed by atoms with Crippen molar-refractivity contribution in [2.45, 2.75) is 6.61 Å². The highest BCUT2D eigenvalue weighted by atomic mass is 35.5. The lowest BCUT2D eigenvalue weighted by atomic mass is 10.2. The molecule has 0 atom stereocenters. The second-order valence-corrected chi connectivity index (χ2v) is 6.57. The smallest absolute Gasteiger partial charge is 0.311 e. The van der Waals surface area contributed by atoms with Gasteiger partial charge in [-0.25, -0.2) is 0 Å². The quantitative estimate of drug-likeness (QED) is 0.294. The molecule has 8 heteroatoms. The molecule has 0 aliphatic heterocycles. The Hall–Kier alpha value is -3.09. The highest BCUT2D eigenvalue weighted by molar-refractivity contribution is 6.42. The first kappa shape index (κ1) is 19.7. The number of nitrogens with one attached hydrogen (secondary N) is 1. The van der Waals surface area contributed by atoms with Gasteiger partial charge in [0.05, 0.1) is 26.9 Å². The van der Waals surface area contributed by atoms with Crippen LogP contribution in [0.4, 0.5) is 11.4 Å². The molecule has 0 saturated carbocycles. The second-order valence-electron chi connectivity index (χ2n) is 5.76. The zero-order valence-electron chi connectivity index (χ0n) is 14.5. The predicted octanol–water partition coefficient (Wildman–Crippen LogP) is 5.93. The standard InChI is InChI=1S/C20H15Cl2N3O3/c21-17-8-6-15(10-18(17)22)13-28-20-9-7-14(11-19(20)25(26)27)12-23-24-16-4-2-1-3-5-16/h1-12,24H,13H2. The topological polar surface area (TPSA) is 76.8 Å². The highest BCUT2D eigenvalue weighted by Gasteiger charge is 2.16. The third kappa shape index (κ3) is 5.22. The van der Waals surface area contributed by atoms with E-state index in [4.69, 9.17) is 27.9 Å². The van der Waals surface area contributed by atoms with E-state index < -0.39 is 4.92 Å². The van der Waals surface area contributed by atoms with Crippen molar-refractivity contribution in [3.05, 3.63) is 98.0 Å². The Kier molecular flexibility index (Phi) is 6.47. The first-order valence-electron chi connectivity index (χ1n) is 8.22. The molecular formula is C20H15Cl2N3O3. The lowest BCUT2D eigenvalue weighted by molar-refractivity contribution is -0.385. The molecular weight excluding hydrogens is 401 g/mol. The first-order chi connectivity index (χ1) is 13.5. The van der Waals surface area contributed by atoms with Crippen molar-refractivity contribution in [1.82, 2.24) is 0 Å². The molecule has 0 spiro atoms. The molecule has 0 bridgehead atoms.